The molecule has 2 rings (SSSR count). The lowest BCUT2D eigenvalue weighted by Crippen LogP contribution is -2.37. The smallest absolute Gasteiger partial charge is 0.257 e. The van der Waals surface area contributed by atoms with Crippen LogP contribution in [0, 0.1) is 6.92 Å². The first kappa shape index (κ1) is 13.1. The summed E-state index contributed by atoms with van der Waals surface area (Å²) < 4.78 is 1.87. The van der Waals surface area contributed by atoms with E-state index in [0.717, 1.165) is 5.69 Å². The van der Waals surface area contributed by atoms with Gasteiger partial charge < -0.3 is 14.9 Å². The Balaban J connectivity index is 2.02. The third-order valence-corrected chi connectivity index (χ3v) is 2.72. The molecule has 0 bridgehead atoms. The van der Waals surface area contributed by atoms with Gasteiger partial charge in [-0.05, 0) is 13.8 Å². The molecule has 6 heteroatoms. The summed E-state index contributed by atoms with van der Waals surface area (Å²) in [5.74, 6) is -0.367. The second-order valence-corrected chi connectivity index (χ2v) is 4.53. The first-order chi connectivity index (χ1) is 9.06. The van der Waals surface area contributed by atoms with Gasteiger partial charge in [-0.15, -0.1) is 0 Å². The highest BCUT2D eigenvalue weighted by molar-refractivity contribution is 5.93. The molecular weight excluding hydrogens is 244 g/mol. The van der Waals surface area contributed by atoms with Gasteiger partial charge in [0.1, 0.15) is 5.56 Å². The Morgan fingerprint density at radius 3 is 3.00 bits per heavy atom. The minimum absolute atomic E-state index is 0.0950. The lowest BCUT2D eigenvalue weighted by atomic mass is 10.2. The van der Waals surface area contributed by atoms with Crippen LogP contribution in [-0.2, 0) is 6.54 Å². The van der Waals surface area contributed by atoms with E-state index in [1.165, 1.54) is 12.3 Å². The van der Waals surface area contributed by atoms with Gasteiger partial charge in [0.05, 0.1) is 6.33 Å². The molecule has 0 saturated heterocycles. The van der Waals surface area contributed by atoms with Gasteiger partial charge in [0, 0.05) is 42.9 Å². The zero-order valence-corrected chi connectivity index (χ0v) is 10.9. The molecule has 2 N–H and O–H groups in total. The van der Waals surface area contributed by atoms with Crippen molar-refractivity contribution >= 4 is 5.91 Å². The number of imidazole rings is 1. The van der Waals surface area contributed by atoms with Crippen LogP contribution in [0.15, 0.2) is 35.8 Å². The van der Waals surface area contributed by atoms with E-state index >= 15 is 0 Å². The fourth-order valence-electron chi connectivity index (χ4n) is 1.81. The van der Waals surface area contributed by atoms with Crippen LogP contribution in [0.5, 0.6) is 0 Å². The summed E-state index contributed by atoms with van der Waals surface area (Å²) in [4.78, 5) is 30.4. The molecule has 1 atom stereocenters. The number of hydrogen-bond acceptors (Lipinski definition) is 3. The maximum Gasteiger partial charge on any atom is 0.257 e. The number of rotatable bonds is 4. The predicted octanol–water partition coefficient (Wildman–Crippen LogP) is 0.698. The third-order valence-electron chi connectivity index (χ3n) is 2.72. The molecule has 2 aromatic heterocycles. The Labute approximate surface area is 110 Å². The van der Waals surface area contributed by atoms with Crippen molar-refractivity contribution in [2.24, 2.45) is 0 Å². The Kier molecular flexibility index (Phi) is 3.79. The van der Waals surface area contributed by atoms with Crippen molar-refractivity contribution in [3.63, 3.8) is 0 Å². The molecule has 1 amide bonds. The average molecular weight is 260 g/mol. The molecule has 0 aromatic carbocycles. The molecule has 100 valence electrons. The minimum Gasteiger partial charge on any atom is -0.364 e. The third kappa shape index (κ3) is 3.31. The van der Waals surface area contributed by atoms with Crippen molar-refractivity contribution in [3.8, 4) is 0 Å². The molecule has 0 aliphatic carbocycles. The topological polar surface area (TPSA) is 79.8 Å². The van der Waals surface area contributed by atoms with Gasteiger partial charge in [-0.2, -0.15) is 0 Å². The van der Waals surface area contributed by atoms with E-state index in [9.17, 15) is 9.59 Å². The lowest BCUT2D eigenvalue weighted by Gasteiger charge is -2.14. The SMILES string of the molecule is Cc1cc(=O)c(C(=O)NC(C)Cn2ccnc2)c[nH]1. The lowest BCUT2D eigenvalue weighted by molar-refractivity contribution is 0.0935. The molecule has 6 nitrogen and oxygen atoms in total. The van der Waals surface area contributed by atoms with Crippen molar-refractivity contribution < 1.29 is 4.79 Å². The number of H-pyrrole nitrogens is 1. The standard InChI is InChI=1S/C13H16N4O2/c1-9-5-12(18)11(6-15-9)13(19)16-10(2)7-17-4-3-14-8-17/h3-6,8,10H,7H2,1-2H3,(H,15,18)(H,16,19). The van der Waals surface area contributed by atoms with Gasteiger partial charge in [-0.1, -0.05) is 0 Å². The fourth-order valence-corrected chi connectivity index (χ4v) is 1.81. The van der Waals surface area contributed by atoms with Gasteiger partial charge in [0.2, 0.25) is 0 Å². The number of hydrogen-bond donors (Lipinski definition) is 2. The van der Waals surface area contributed by atoms with Crippen molar-refractivity contribution in [3.05, 3.63) is 52.5 Å². The Hall–Kier alpha value is -2.37. The highest BCUT2D eigenvalue weighted by atomic mass is 16.2. The predicted molar refractivity (Wildman–Crippen MR) is 71.0 cm³/mol. The molecule has 0 fully saturated rings. The summed E-state index contributed by atoms with van der Waals surface area (Å²) >= 11 is 0. The van der Waals surface area contributed by atoms with Crippen molar-refractivity contribution in [2.75, 3.05) is 0 Å². The van der Waals surface area contributed by atoms with Crippen LogP contribution < -0.4 is 10.7 Å². The summed E-state index contributed by atoms with van der Waals surface area (Å²) in [6, 6.07) is 1.32. The monoisotopic (exact) mass is 260 g/mol. The number of amides is 1. The normalized spacial score (nSPS) is 12.1. The van der Waals surface area contributed by atoms with Crippen molar-refractivity contribution in [2.45, 2.75) is 26.4 Å². The summed E-state index contributed by atoms with van der Waals surface area (Å²) in [6.45, 7) is 4.25. The summed E-state index contributed by atoms with van der Waals surface area (Å²) in [7, 11) is 0. The number of aryl methyl sites for hydroxylation is 1. The van der Waals surface area contributed by atoms with Crippen molar-refractivity contribution in [1.29, 1.82) is 0 Å². The molecular formula is C13H16N4O2. The fraction of sp³-hybridized carbons (Fsp3) is 0.308. The Morgan fingerprint density at radius 1 is 1.58 bits per heavy atom. The zero-order chi connectivity index (χ0) is 13.8. The second kappa shape index (κ2) is 5.51. The molecule has 2 heterocycles. The van der Waals surface area contributed by atoms with E-state index in [2.05, 4.69) is 15.3 Å². The number of nitrogens with zero attached hydrogens (tertiary/aromatic N) is 2. The van der Waals surface area contributed by atoms with Gasteiger partial charge >= 0.3 is 0 Å². The zero-order valence-electron chi connectivity index (χ0n) is 10.9. The van der Waals surface area contributed by atoms with Crippen LogP contribution >= 0.6 is 0 Å². The maximum absolute atomic E-state index is 12.0. The molecule has 19 heavy (non-hydrogen) atoms. The molecule has 0 aliphatic rings. The van der Waals surface area contributed by atoms with E-state index in [4.69, 9.17) is 0 Å². The van der Waals surface area contributed by atoms with Crippen LogP contribution in [0.4, 0.5) is 0 Å². The van der Waals surface area contributed by atoms with Crippen LogP contribution in [0.2, 0.25) is 0 Å². The quantitative estimate of drug-likeness (QED) is 0.849. The molecule has 2 aromatic rings. The highest BCUT2D eigenvalue weighted by Gasteiger charge is 2.13. The van der Waals surface area contributed by atoms with Crippen LogP contribution in [0.3, 0.4) is 0 Å². The molecule has 0 spiro atoms. The number of aromatic amines is 1. The Bertz CT molecular complexity index is 616. The van der Waals surface area contributed by atoms with Crippen molar-refractivity contribution in [1.82, 2.24) is 19.9 Å². The minimum atomic E-state index is -0.367. The van der Waals surface area contributed by atoms with E-state index in [1.54, 1.807) is 19.4 Å². The number of aromatic nitrogens is 3. The Morgan fingerprint density at radius 2 is 2.37 bits per heavy atom. The molecule has 0 aliphatic heterocycles. The van der Waals surface area contributed by atoms with E-state index < -0.39 is 0 Å². The number of pyridine rings is 1. The van der Waals surface area contributed by atoms with Crippen LogP contribution in [0.25, 0.3) is 0 Å². The maximum atomic E-state index is 12.0. The van der Waals surface area contributed by atoms with E-state index in [0.29, 0.717) is 6.54 Å². The first-order valence-electron chi connectivity index (χ1n) is 6.02. The highest BCUT2D eigenvalue weighted by Crippen LogP contribution is 1.96. The average Bonchev–Trinajstić information content (AvgIpc) is 2.81. The number of carbonyl (C=O) groups is 1. The molecule has 1 unspecified atom stereocenters. The summed E-state index contributed by atoms with van der Waals surface area (Å²) in [5, 5.41) is 2.79. The van der Waals surface area contributed by atoms with E-state index in [-0.39, 0.29) is 22.9 Å². The largest absolute Gasteiger partial charge is 0.364 e. The number of carbonyl (C=O) groups excluding carboxylic acids is 1. The molecule has 0 saturated carbocycles. The van der Waals surface area contributed by atoms with E-state index in [1.807, 2.05) is 17.7 Å². The summed E-state index contributed by atoms with van der Waals surface area (Å²) in [5.41, 5.74) is 0.583. The van der Waals surface area contributed by atoms with Crippen LogP contribution in [0.1, 0.15) is 23.0 Å². The second-order valence-electron chi connectivity index (χ2n) is 4.53. The van der Waals surface area contributed by atoms with Gasteiger partial charge in [-0.25, -0.2) is 4.98 Å². The van der Waals surface area contributed by atoms with Gasteiger partial charge in [0.25, 0.3) is 5.91 Å². The number of nitrogens with one attached hydrogen (secondary N) is 2. The molecule has 0 radical (unpaired) electrons. The van der Waals surface area contributed by atoms with Gasteiger partial charge in [0.15, 0.2) is 5.43 Å². The summed E-state index contributed by atoms with van der Waals surface area (Å²) in [6.07, 6.45) is 6.62. The van der Waals surface area contributed by atoms with Gasteiger partial charge in [-0.3, -0.25) is 9.59 Å². The first-order valence-corrected chi connectivity index (χ1v) is 6.02. The van der Waals surface area contributed by atoms with Crippen LogP contribution in [-0.4, -0.2) is 26.5 Å².